The Morgan fingerprint density at radius 2 is 1.67 bits per heavy atom. The number of fused-ring (bicyclic) bond motifs is 1. The highest BCUT2D eigenvalue weighted by Crippen LogP contribution is 2.35. The number of hydrogen-bond donors (Lipinski definition) is 3. The van der Waals surface area contributed by atoms with Crippen LogP contribution >= 0.6 is 0 Å². The zero-order valence-electron chi connectivity index (χ0n) is 20.8. The van der Waals surface area contributed by atoms with E-state index < -0.39 is 0 Å². The molecule has 0 fully saturated rings. The second kappa shape index (κ2) is 14.2. The fourth-order valence-corrected chi connectivity index (χ4v) is 4.04. The minimum Gasteiger partial charge on any atom is -0.504 e. The van der Waals surface area contributed by atoms with E-state index in [4.69, 9.17) is 28.6 Å². The van der Waals surface area contributed by atoms with Gasteiger partial charge in [-0.1, -0.05) is 81.6 Å². The first kappa shape index (κ1) is 27.2. The molecule has 1 heterocycles. The maximum absolute atomic E-state index is 12.7. The van der Waals surface area contributed by atoms with Crippen molar-refractivity contribution in [3.8, 4) is 22.8 Å². The first-order valence-electron chi connectivity index (χ1n) is 12.6. The van der Waals surface area contributed by atoms with Gasteiger partial charge in [-0.25, -0.2) is 5.84 Å². The number of phenols is 1. The number of benzene rings is 2. The molecule has 0 saturated heterocycles. The highest BCUT2D eigenvalue weighted by molar-refractivity contribution is 6.08. The van der Waals surface area contributed by atoms with E-state index >= 15 is 0 Å². The summed E-state index contributed by atoms with van der Waals surface area (Å²) in [7, 11) is 5.52. The molecule has 5 N–H and O–H groups in total. The molecule has 0 aliphatic rings. The Morgan fingerprint density at radius 1 is 1.00 bits per heavy atom. The molecule has 0 spiro atoms. The maximum atomic E-state index is 12.7. The SMILES string of the molecule is [B]CCCCCCCCCCN(N)/C=C(\N)COc1c(O)ccc2c(=O)cc(-c3ccccc3)oc12. The fourth-order valence-electron chi connectivity index (χ4n) is 4.04. The molecule has 0 unspecified atom stereocenters. The lowest BCUT2D eigenvalue weighted by atomic mass is 9.98. The minimum atomic E-state index is -0.229. The molecule has 3 aromatic rings. The summed E-state index contributed by atoms with van der Waals surface area (Å²) in [5, 5.41) is 12.3. The third-order valence-corrected chi connectivity index (χ3v) is 5.97. The summed E-state index contributed by atoms with van der Waals surface area (Å²) >= 11 is 0. The standard InChI is InChI=1S/C28H36BN3O4/c29-16-10-5-3-1-2-4-6-11-17-32(31)19-22(30)20-35-28-24(33)15-14-23-25(34)18-26(36-27(23)28)21-12-8-7-9-13-21/h7-9,12-15,18-19,33H,1-6,10-11,16-17,20,30-31H2/b22-19-. The molecule has 7 nitrogen and oxygen atoms in total. The number of aromatic hydroxyl groups is 1. The van der Waals surface area contributed by atoms with E-state index in [2.05, 4.69) is 0 Å². The van der Waals surface area contributed by atoms with Gasteiger partial charge < -0.3 is 25.0 Å². The van der Waals surface area contributed by atoms with Crippen LogP contribution in [0, 0.1) is 0 Å². The first-order valence-corrected chi connectivity index (χ1v) is 12.6. The summed E-state index contributed by atoms with van der Waals surface area (Å²) in [6.45, 7) is 0.658. The predicted octanol–water partition coefficient (Wildman–Crippen LogP) is 5.23. The first-order chi connectivity index (χ1) is 17.5. The average molecular weight is 489 g/mol. The lowest BCUT2D eigenvalue weighted by Gasteiger charge is -2.16. The molecular weight excluding hydrogens is 453 g/mol. The van der Waals surface area contributed by atoms with Crippen molar-refractivity contribution in [2.24, 2.45) is 11.6 Å². The van der Waals surface area contributed by atoms with E-state index in [0.717, 1.165) is 31.1 Å². The van der Waals surface area contributed by atoms with Crippen molar-refractivity contribution >= 4 is 18.8 Å². The molecule has 0 atom stereocenters. The molecular formula is C28H36BN3O4. The minimum absolute atomic E-state index is 0.0253. The summed E-state index contributed by atoms with van der Waals surface area (Å²) in [5.41, 5.74) is 7.18. The number of hydrogen-bond acceptors (Lipinski definition) is 7. The third kappa shape index (κ3) is 8.09. The zero-order valence-corrected chi connectivity index (χ0v) is 20.8. The van der Waals surface area contributed by atoms with Gasteiger partial charge in [-0.15, -0.1) is 0 Å². The van der Waals surface area contributed by atoms with E-state index in [1.165, 1.54) is 50.3 Å². The van der Waals surface area contributed by atoms with E-state index in [1.54, 1.807) is 11.2 Å². The zero-order chi connectivity index (χ0) is 25.8. The average Bonchev–Trinajstić information content (AvgIpc) is 2.87. The normalized spacial score (nSPS) is 11.6. The topological polar surface area (TPSA) is 115 Å². The quantitative estimate of drug-likeness (QED) is 0.116. The highest BCUT2D eigenvalue weighted by atomic mass is 16.5. The van der Waals surface area contributed by atoms with E-state index in [9.17, 15) is 9.90 Å². The fraction of sp³-hybridized carbons (Fsp3) is 0.393. The van der Waals surface area contributed by atoms with Crippen LogP contribution in [0.4, 0.5) is 0 Å². The van der Waals surface area contributed by atoms with Gasteiger partial charge in [-0.05, 0) is 18.6 Å². The van der Waals surface area contributed by atoms with Crippen LogP contribution in [-0.4, -0.2) is 31.1 Å². The van der Waals surface area contributed by atoms with Crippen molar-refractivity contribution in [3.05, 3.63) is 70.7 Å². The molecule has 0 saturated carbocycles. The predicted molar refractivity (Wildman–Crippen MR) is 146 cm³/mol. The highest BCUT2D eigenvalue weighted by Gasteiger charge is 2.16. The van der Waals surface area contributed by atoms with Crippen molar-refractivity contribution in [3.63, 3.8) is 0 Å². The molecule has 0 amide bonds. The number of rotatable bonds is 15. The van der Waals surface area contributed by atoms with Crippen molar-refractivity contribution in [1.29, 1.82) is 0 Å². The Bertz CT molecular complexity index is 1180. The monoisotopic (exact) mass is 489 g/mol. The van der Waals surface area contributed by atoms with E-state index in [1.807, 2.05) is 30.3 Å². The van der Waals surface area contributed by atoms with E-state index in [-0.39, 0.29) is 29.1 Å². The molecule has 0 aliphatic carbocycles. The number of nitrogens with zero attached hydrogens (tertiary/aromatic N) is 1. The summed E-state index contributed by atoms with van der Waals surface area (Å²) in [4.78, 5) is 12.7. The smallest absolute Gasteiger partial charge is 0.205 e. The number of ether oxygens (including phenoxy) is 1. The molecule has 2 radical (unpaired) electrons. The van der Waals surface area contributed by atoms with Gasteiger partial charge in [0.2, 0.25) is 5.75 Å². The Labute approximate surface area is 214 Å². The second-order valence-electron chi connectivity index (χ2n) is 8.98. The van der Waals surface area contributed by atoms with Crippen LogP contribution in [0.3, 0.4) is 0 Å². The van der Waals surface area contributed by atoms with E-state index in [0.29, 0.717) is 23.4 Å². The van der Waals surface area contributed by atoms with Crippen LogP contribution < -0.4 is 21.7 Å². The van der Waals surface area contributed by atoms with Crippen LogP contribution in [0.1, 0.15) is 51.4 Å². The van der Waals surface area contributed by atoms with Crippen LogP contribution in [0.15, 0.2) is 69.6 Å². The Morgan fingerprint density at radius 3 is 2.36 bits per heavy atom. The van der Waals surface area contributed by atoms with Crippen molar-refractivity contribution in [1.82, 2.24) is 5.01 Å². The molecule has 0 aliphatic heterocycles. The Hall–Kier alpha value is -3.39. The van der Waals surface area contributed by atoms with Crippen molar-refractivity contribution in [2.75, 3.05) is 13.2 Å². The molecule has 1 aromatic heterocycles. The third-order valence-electron chi connectivity index (χ3n) is 5.97. The molecule has 36 heavy (non-hydrogen) atoms. The summed E-state index contributed by atoms with van der Waals surface area (Å²) in [6.07, 6.45) is 11.8. The molecule has 2 aromatic carbocycles. The van der Waals surface area contributed by atoms with Gasteiger partial charge in [0, 0.05) is 24.4 Å². The molecule has 190 valence electrons. The van der Waals surface area contributed by atoms with Gasteiger partial charge in [-0.2, -0.15) is 0 Å². The summed E-state index contributed by atoms with van der Waals surface area (Å²) in [6, 6.07) is 13.6. The number of unbranched alkanes of at least 4 members (excludes halogenated alkanes) is 7. The summed E-state index contributed by atoms with van der Waals surface area (Å²) in [5.74, 6) is 6.37. The lowest BCUT2D eigenvalue weighted by molar-refractivity contribution is 0.316. The van der Waals surface area contributed by atoms with Crippen molar-refractivity contribution in [2.45, 2.75) is 57.7 Å². The maximum Gasteiger partial charge on any atom is 0.205 e. The van der Waals surface area contributed by atoms with Crippen LogP contribution in [0.2, 0.25) is 6.32 Å². The van der Waals surface area contributed by atoms with Gasteiger partial charge in [0.05, 0.1) is 18.9 Å². The van der Waals surface area contributed by atoms with Crippen LogP contribution in [0.5, 0.6) is 11.5 Å². The number of nitrogens with two attached hydrogens (primary N) is 2. The van der Waals surface area contributed by atoms with Gasteiger partial charge >= 0.3 is 0 Å². The van der Waals surface area contributed by atoms with Gasteiger partial charge in [0.15, 0.2) is 16.8 Å². The summed E-state index contributed by atoms with van der Waals surface area (Å²) < 4.78 is 11.8. The van der Waals surface area contributed by atoms with Gasteiger partial charge in [0.25, 0.3) is 0 Å². The number of hydrazine groups is 1. The second-order valence-corrected chi connectivity index (χ2v) is 8.98. The molecule has 8 heteroatoms. The van der Waals surface area contributed by atoms with Crippen molar-refractivity contribution < 1.29 is 14.3 Å². The van der Waals surface area contributed by atoms with Crippen LogP contribution in [0.25, 0.3) is 22.3 Å². The van der Waals surface area contributed by atoms with Gasteiger partial charge in [0.1, 0.15) is 12.4 Å². The molecule has 0 bridgehead atoms. The van der Waals surface area contributed by atoms with Gasteiger partial charge in [-0.3, -0.25) is 4.79 Å². The largest absolute Gasteiger partial charge is 0.504 e. The van der Waals surface area contributed by atoms with Crippen LogP contribution in [-0.2, 0) is 0 Å². The number of phenolic OH excluding ortho intramolecular Hbond substituents is 1. The Balaban J connectivity index is 1.56. The lowest BCUT2D eigenvalue weighted by Crippen LogP contribution is -2.28. The Kier molecular flexibility index (Phi) is 10.8. The molecule has 3 rings (SSSR count).